The van der Waals surface area contributed by atoms with Crippen LogP contribution in [-0.4, -0.2) is 49.6 Å². The molecule has 1 aliphatic heterocycles. The quantitative estimate of drug-likeness (QED) is 0.555. The van der Waals surface area contributed by atoms with Gasteiger partial charge >= 0.3 is 6.09 Å². The molecule has 10 nitrogen and oxygen atoms in total. The monoisotopic (exact) mass is 414 g/mol. The summed E-state index contributed by atoms with van der Waals surface area (Å²) in [6.45, 7) is 7.01. The van der Waals surface area contributed by atoms with Crippen LogP contribution >= 0.6 is 0 Å². The van der Waals surface area contributed by atoms with Crippen LogP contribution in [0.5, 0.6) is 0 Å². The lowest BCUT2D eigenvalue weighted by Crippen LogP contribution is -2.42. The van der Waals surface area contributed by atoms with Crippen LogP contribution < -0.4 is 10.5 Å². The number of nitrogens with one attached hydrogen (secondary N) is 1. The van der Waals surface area contributed by atoms with Gasteiger partial charge in [0.25, 0.3) is 5.69 Å². The number of hydrogen-bond donors (Lipinski definition) is 2. The second-order valence-electron chi connectivity index (χ2n) is 7.77. The third-order valence-corrected chi connectivity index (χ3v) is 5.25. The van der Waals surface area contributed by atoms with E-state index in [1.165, 1.54) is 12.1 Å². The predicted octanol–water partition coefficient (Wildman–Crippen LogP) is 2.30. The van der Waals surface area contributed by atoms with Gasteiger partial charge in [-0.15, -0.1) is 0 Å². The Bertz CT molecular complexity index is 842. The zero-order chi connectivity index (χ0) is 21.1. The Morgan fingerprint density at radius 3 is 2.46 bits per heavy atom. The van der Waals surface area contributed by atoms with E-state index in [0.29, 0.717) is 19.6 Å². The molecule has 0 unspecified atom stereocenters. The molecule has 0 saturated carbocycles. The molecule has 1 heterocycles. The first kappa shape index (κ1) is 21.9. The molecular formula is C17H26N4O6S. The number of ether oxygens (including phenoxy) is 1. The number of nitrogens with two attached hydrogens (primary N) is 1. The van der Waals surface area contributed by atoms with Gasteiger partial charge in [0, 0.05) is 25.7 Å². The number of likely N-dealkylation sites (tertiary alicyclic amines) is 1. The second-order valence-corrected chi connectivity index (χ2v) is 9.33. The zero-order valence-corrected chi connectivity index (χ0v) is 17.0. The number of rotatable bonds is 5. The molecule has 0 bridgehead atoms. The first-order valence-electron chi connectivity index (χ1n) is 8.90. The highest BCUT2D eigenvalue weighted by molar-refractivity contribution is 7.89. The topological polar surface area (TPSA) is 145 Å². The molecule has 1 fully saturated rings. The molecule has 1 amide bonds. The van der Waals surface area contributed by atoms with Crippen LogP contribution in [0.15, 0.2) is 23.1 Å². The van der Waals surface area contributed by atoms with E-state index < -0.39 is 20.5 Å². The molecule has 1 aromatic carbocycles. The van der Waals surface area contributed by atoms with Gasteiger partial charge in [0.1, 0.15) is 11.3 Å². The molecule has 11 heteroatoms. The van der Waals surface area contributed by atoms with Gasteiger partial charge in [-0.2, -0.15) is 0 Å². The van der Waals surface area contributed by atoms with Gasteiger partial charge in [-0.3, -0.25) is 10.1 Å². The molecule has 1 saturated heterocycles. The summed E-state index contributed by atoms with van der Waals surface area (Å²) in [5.74, 6) is 0.219. The number of amides is 1. The average molecular weight is 414 g/mol. The largest absolute Gasteiger partial charge is 0.444 e. The van der Waals surface area contributed by atoms with Gasteiger partial charge in [-0.25, -0.2) is 18.4 Å². The number of carbonyl (C=O) groups excluding carboxylic acids is 1. The van der Waals surface area contributed by atoms with Crippen molar-refractivity contribution in [2.45, 2.75) is 44.1 Å². The third-order valence-electron chi connectivity index (χ3n) is 4.34. The lowest BCUT2D eigenvalue weighted by Gasteiger charge is -2.33. The lowest BCUT2D eigenvalue weighted by molar-refractivity contribution is -0.384. The lowest BCUT2D eigenvalue weighted by atomic mass is 9.97. The first-order valence-corrected chi connectivity index (χ1v) is 10.4. The molecule has 3 N–H and O–H groups in total. The highest BCUT2D eigenvalue weighted by atomic mass is 32.2. The zero-order valence-electron chi connectivity index (χ0n) is 16.2. The summed E-state index contributed by atoms with van der Waals surface area (Å²) in [5.41, 5.74) is -0.665. The molecule has 0 aliphatic carbocycles. The Morgan fingerprint density at radius 2 is 1.96 bits per heavy atom. The van der Waals surface area contributed by atoms with Crippen molar-refractivity contribution in [1.29, 1.82) is 0 Å². The predicted molar refractivity (Wildman–Crippen MR) is 103 cm³/mol. The fourth-order valence-electron chi connectivity index (χ4n) is 2.89. The minimum absolute atomic E-state index is 0.219. The van der Waals surface area contributed by atoms with E-state index in [-0.39, 0.29) is 28.3 Å². The summed E-state index contributed by atoms with van der Waals surface area (Å²) in [7, 11) is -4.02. The van der Waals surface area contributed by atoms with Crippen LogP contribution in [0.25, 0.3) is 0 Å². The van der Waals surface area contributed by atoms with E-state index in [1.807, 2.05) is 20.8 Å². The van der Waals surface area contributed by atoms with E-state index in [0.717, 1.165) is 18.9 Å². The number of nitrogens with zero attached hydrogens (tertiary/aromatic N) is 2. The van der Waals surface area contributed by atoms with E-state index in [1.54, 1.807) is 4.90 Å². The van der Waals surface area contributed by atoms with Crippen LogP contribution in [0.4, 0.5) is 16.2 Å². The van der Waals surface area contributed by atoms with Gasteiger partial charge in [0.05, 0.1) is 9.82 Å². The fourth-order valence-corrected chi connectivity index (χ4v) is 3.42. The molecule has 0 radical (unpaired) electrons. The van der Waals surface area contributed by atoms with Crippen molar-refractivity contribution in [2.75, 3.05) is 25.0 Å². The number of nitro groups is 1. The number of benzene rings is 1. The molecule has 156 valence electrons. The van der Waals surface area contributed by atoms with Crippen molar-refractivity contribution in [2.24, 2.45) is 11.1 Å². The van der Waals surface area contributed by atoms with Gasteiger partial charge < -0.3 is 15.0 Å². The maximum atomic E-state index is 12.1. The van der Waals surface area contributed by atoms with Gasteiger partial charge in [0.15, 0.2) is 0 Å². The molecule has 28 heavy (non-hydrogen) atoms. The van der Waals surface area contributed by atoms with Crippen LogP contribution in [0, 0.1) is 16.0 Å². The number of anilines is 1. The van der Waals surface area contributed by atoms with Crippen molar-refractivity contribution in [3.05, 3.63) is 28.3 Å². The maximum Gasteiger partial charge on any atom is 0.410 e. The van der Waals surface area contributed by atoms with Crippen LogP contribution in [0.1, 0.15) is 33.6 Å². The number of hydrogen-bond acceptors (Lipinski definition) is 7. The fraction of sp³-hybridized carbons (Fsp3) is 0.588. The number of carbonyl (C=O) groups is 1. The maximum absolute atomic E-state index is 12.1. The normalized spacial score (nSPS) is 15.9. The first-order chi connectivity index (χ1) is 12.9. The highest BCUT2D eigenvalue weighted by Crippen LogP contribution is 2.28. The molecule has 0 aromatic heterocycles. The second kappa shape index (κ2) is 8.31. The smallest absolute Gasteiger partial charge is 0.410 e. The van der Waals surface area contributed by atoms with E-state index in [4.69, 9.17) is 9.88 Å². The molecule has 1 aliphatic rings. The van der Waals surface area contributed by atoms with Gasteiger partial charge in [0.2, 0.25) is 10.0 Å². The molecule has 1 aromatic rings. The van der Waals surface area contributed by atoms with Crippen molar-refractivity contribution in [1.82, 2.24) is 4.90 Å². The number of nitro benzene ring substituents is 1. The Hall–Kier alpha value is -2.40. The SMILES string of the molecule is CC(C)(C)OC(=O)N1CCC(CNc2ccc(S(N)(=O)=O)cc2[N+](=O)[O-])CC1. The Morgan fingerprint density at radius 1 is 1.36 bits per heavy atom. The molecule has 2 rings (SSSR count). The van der Waals surface area contributed by atoms with E-state index in [9.17, 15) is 23.3 Å². The third kappa shape index (κ3) is 6.06. The van der Waals surface area contributed by atoms with Crippen LogP contribution in [0.3, 0.4) is 0 Å². The van der Waals surface area contributed by atoms with Crippen molar-refractivity contribution in [3.63, 3.8) is 0 Å². The molecular weight excluding hydrogens is 388 g/mol. The minimum atomic E-state index is -4.02. The molecule has 0 spiro atoms. The summed E-state index contributed by atoms with van der Waals surface area (Å²) in [5, 5.41) is 19.3. The summed E-state index contributed by atoms with van der Waals surface area (Å²) in [6, 6.07) is 3.52. The number of piperidine rings is 1. The van der Waals surface area contributed by atoms with Crippen LogP contribution in [0.2, 0.25) is 0 Å². The summed E-state index contributed by atoms with van der Waals surface area (Å²) >= 11 is 0. The van der Waals surface area contributed by atoms with E-state index >= 15 is 0 Å². The van der Waals surface area contributed by atoms with E-state index in [2.05, 4.69) is 5.32 Å². The number of primary sulfonamides is 1. The summed E-state index contributed by atoms with van der Waals surface area (Å²) < 4.78 is 28.1. The Kier molecular flexibility index (Phi) is 6.50. The standard InChI is InChI=1S/C17H26N4O6S/c1-17(2,3)27-16(22)20-8-6-12(7-9-20)11-19-14-5-4-13(28(18,25)26)10-15(14)21(23)24/h4-5,10,12,19H,6-9,11H2,1-3H3,(H2,18,25,26). The van der Waals surface area contributed by atoms with Gasteiger partial charge in [-0.05, 0) is 51.7 Å². The minimum Gasteiger partial charge on any atom is -0.444 e. The van der Waals surface area contributed by atoms with Crippen LogP contribution in [-0.2, 0) is 14.8 Å². The van der Waals surface area contributed by atoms with Crippen molar-refractivity contribution >= 4 is 27.5 Å². The van der Waals surface area contributed by atoms with Crippen molar-refractivity contribution in [3.8, 4) is 0 Å². The van der Waals surface area contributed by atoms with Crippen molar-refractivity contribution < 1.29 is 22.9 Å². The number of sulfonamides is 1. The summed E-state index contributed by atoms with van der Waals surface area (Å²) in [6.07, 6.45) is 1.12. The van der Waals surface area contributed by atoms with Gasteiger partial charge in [-0.1, -0.05) is 0 Å². The average Bonchev–Trinajstić information content (AvgIpc) is 2.57. The Balaban J connectivity index is 1.95. The molecule has 0 atom stereocenters. The Labute approximate surface area is 164 Å². The summed E-state index contributed by atoms with van der Waals surface area (Å²) in [4.78, 5) is 24.0. The highest BCUT2D eigenvalue weighted by Gasteiger charge is 2.27.